The standard InChI is InChI=1S/C14H15FN2O3/c1-8-13(9(2)20-16-8)17(3)7-11-5-4-10(14(18)19)6-12(11)15/h4-6H,7H2,1-3H3,(H,18,19). The summed E-state index contributed by atoms with van der Waals surface area (Å²) in [4.78, 5) is 12.6. The predicted octanol–water partition coefficient (Wildman–Crippen LogP) is 2.77. The highest BCUT2D eigenvalue weighted by atomic mass is 19.1. The molecule has 106 valence electrons. The summed E-state index contributed by atoms with van der Waals surface area (Å²) < 4.78 is 19.0. The molecule has 0 radical (unpaired) electrons. The fraction of sp³-hybridized carbons (Fsp3) is 0.286. The minimum Gasteiger partial charge on any atom is -0.478 e. The maximum atomic E-state index is 13.9. The van der Waals surface area contributed by atoms with Crippen molar-refractivity contribution in [1.82, 2.24) is 5.16 Å². The summed E-state index contributed by atoms with van der Waals surface area (Å²) in [6.45, 7) is 3.90. The zero-order valence-corrected chi connectivity index (χ0v) is 11.5. The highest BCUT2D eigenvalue weighted by Gasteiger charge is 2.16. The topological polar surface area (TPSA) is 66.6 Å². The molecule has 1 aromatic carbocycles. The maximum absolute atomic E-state index is 13.9. The Labute approximate surface area is 115 Å². The summed E-state index contributed by atoms with van der Waals surface area (Å²) in [5.41, 5.74) is 1.89. The summed E-state index contributed by atoms with van der Waals surface area (Å²) in [5.74, 6) is -1.02. The van der Waals surface area contributed by atoms with E-state index in [-0.39, 0.29) is 5.56 Å². The van der Waals surface area contributed by atoms with Crippen molar-refractivity contribution in [1.29, 1.82) is 0 Å². The van der Waals surface area contributed by atoms with Crippen molar-refractivity contribution in [2.24, 2.45) is 0 Å². The third kappa shape index (κ3) is 2.64. The lowest BCUT2D eigenvalue weighted by molar-refractivity contribution is 0.0696. The van der Waals surface area contributed by atoms with E-state index in [4.69, 9.17) is 9.63 Å². The number of rotatable bonds is 4. The molecule has 0 saturated carbocycles. The number of anilines is 1. The summed E-state index contributed by atoms with van der Waals surface area (Å²) in [6.07, 6.45) is 0. The third-order valence-corrected chi connectivity index (χ3v) is 3.08. The first-order chi connectivity index (χ1) is 9.40. The van der Waals surface area contributed by atoms with Gasteiger partial charge in [0.15, 0.2) is 5.76 Å². The SMILES string of the molecule is Cc1noc(C)c1N(C)Cc1ccc(C(=O)O)cc1F. The van der Waals surface area contributed by atoms with Gasteiger partial charge < -0.3 is 14.5 Å². The third-order valence-electron chi connectivity index (χ3n) is 3.08. The number of aromatic nitrogens is 1. The van der Waals surface area contributed by atoms with Gasteiger partial charge in [0.1, 0.15) is 17.2 Å². The van der Waals surface area contributed by atoms with Crippen molar-refractivity contribution in [3.05, 3.63) is 46.6 Å². The maximum Gasteiger partial charge on any atom is 0.335 e. The van der Waals surface area contributed by atoms with Gasteiger partial charge in [-0.3, -0.25) is 0 Å². The monoisotopic (exact) mass is 278 g/mol. The fourth-order valence-corrected chi connectivity index (χ4v) is 2.17. The first-order valence-electron chi connectivity index (χ1n) is 6.06. The molecule has 0 spiro atoms. The van der Waals surface area contributed by atoms with Crippen LogP contribution in [0.1, 0.15) is 27.4 Å². The molecule has 0 aliphatic heterocycles. The van der Waals surface area contributed by atoms with Crippen LogP contribution in [0.2, 0.25) is 0 Å². The van der Waals surface area contributed by atoms with E-state index < -0.39 is 11.8 Å². The van der Waals surface area contributed by atoms with Crippen LogP contribution in [-0.2, 0) is 6.54 Å². The molecule has 0 fully saturated rings. The molecule has 1 aromatic heterocycles. The second-order valence-corrected chi connectivity index (χ2v) is 4.64. The number of aryl methyl sites for hydroxylation is 2. The number of carboxylic acid groups (broad SMARTS) is 1. The molecule has 6 heteroatoms. The first-order valence-corrected chi connectivity index (χ1v) is 6.06. The summed E-state index contributed by atoms with van der Waals surface area (Å²) in [6, 6.07) is 3.90. The van der Waals surface area contributed by atoms with E-state index in [1.54, 1.807) is 14.0 Å². The van der Waals surface area contributed by atoms with Crippen LogP contribution in [0.3, 0.4) is 0 Å². The Morgan fingerprint density at radius 3 is 2.65 bits per heavy atom. The summed E-state index contributed by atoms with van der Waals surface area (Å²) in [5, 5.41) is 12.7. The number of carboxylic acids is 1. The van der Waals surface area contributed by atoms with Gasteiger partial charge in [0.05, 0.1) is 5.56 Å². The van der Waals surface area contributed by atoms with Gasteiger partial charge in [-0.05, 0) is 26.0 Å². The lowest BCUT2D eigenvalue weighted by Crippen LogP contribution is -2.18. The number of nitrogens with zero attached hydrogens (tertiary/aromatic N) is 2. The van der Waals surface area contributed by atoms with E-state index in [0.29, 0.717) is 17.9 Å². The average Bonchev–Trinajstić information content (AvgIpc) is 2.71. The number of carbonyl (C=O) groups is 1. The minimum atomic E-state index is -1.14. The van der Waals surface area contributed by atoms with E-state index in [9.17, 15) is 9.18 Å². The molecule has 0 amide bonds. The van der Waals surface area contributed by atoms with Crippen LogP contribution < -0.4 is 4.90 Å². The van der Waals surface area contributed by atoms with Crippen LogP contribution in [0.15, 0.2) is 22.7 Å². The summed E-state index contributed by atoms with van der Waals surface area (Å²) >= 11 is 0. The number of benzene rings is 1. The Kier molecular flexibility index (Phi) is 3.74. The van der Waals surface area contributed by atoms with Gasteiger partial charge in [0, 0.05) is 19.2 Å². The van der Waals surface area contributed by atoms with E-state index >= 15 is 0 Å². The molecule has 0 unspecified atom stereocenters. The zero-order chi connectivity index (χ0) is 14.9. The molecule has 1 N–H and O–H groups in total. The lowest BCUT2D eigenvalue weighted by atomic mass is 10.1. The highest BCUT2D eigenvalue weighted by molar-refractivity contribution is 5.87. The molecule has 0 aliphatic rings. The number of halogens is 1. The first kappa shape index (κ1) is 14.0. The van der Waals surface area contributed by atoms with Gasteiger partial charge in [0.25, 0.3) is 0 Å². The van der Waals surface area contributed by atoms with Crippen molar-refractivity contribution < 1.29 is 18.8 Å². The van der Waals surface area contributed by atoms with Crippen molar-refractivity contribution in [2.45, 2.75) is 20.4 Å². The molecule has 0 bridgehead atoms. The van der Waals surface area contributed by atoms with Gasteiger partial charge in [-0.15, -0.1) is 0 Å². The van der Waals surface area contributed by atoms with E-state index in [1.807, 2.05) is 11.8 Å². The smallest absolute Gasteiger partial charge is 0.335 e. The van der Waals surface area contributed by atoms with Crippen molar-refractivity contribution in [2.75, 3.05) is 11.9 Å². The van der Waals surface area contributed by atoms with Gasteiger partial charge >= 0.3 is 5.97 Å². The molecule has 0 aliphatic carbocycles. The largest absolute Gasteiger partial charge is 0.478 e. The van der Waals surface area contributed by atoms with Gasteiger partial charge in [-0.1, -0.05) is 11.2 Å². The number of hydrogen-bond acceptors (Lipinski definition) is 4. The Hall–Kier alpha value is -2.37. The number of hydrogen-bond donors (Lipinski definition) is 1. The van der Waals surface area contributed by atoms with Crippen LogP contribution >= 0.6 is 0 Å². The molecular formula is C14H15FN2O3. The van der Waals surface area contributed by atoms with Gasteiger partial charge in [0.2, 0.25) is 0 Å². The molecule has 0 saturated heterocycles. The van der Waals surface area contributed by atoms with Crippen molar-refractivity contribution in [3.8, 4) is 0 Å². The molecule has 0 atom stereocenters. The molecule has 2 aromatic rings. The molecule has 2 rings (SSSR count). The Balaban J connectivity index is 2.24. The molecular weight excluding hydrogens is 263 g/mol. The average molecular weight is 278 g/mol. The second-order valence-electron chi connectivity index (χ2n) is 4.64. The normalized spacial score (nSPS) is 10.6. The van der Waals surface area contributed by atoms with Crippen molar-refractivity contribution in [3.63, 3.8) is 0 Å². The lowest BCUT2D eigenvalue weighted by Gasteiger charge is -2.19. The van der Waals surface area contributed by atoms with E-state index in [0.717, 1.165) is 17.4 Å². The Morgan fingerprint density at radius 1 is 1.45 bits per heavy atom. The highest BCUT2D eigenvalue weighted by Crippen LogP contribution is 2.25. The molecule has 20 heavy (non-hydrogen) atoms. The Morgan fingerprint density at radius 2 is 2.15 bits per heavy atom. The molecule has 5 nitrogen and oxygen atoms in total. The minimum absolute atomic E-state index is 0.0637. The quantitative estimate of drug-likeness (QED) is 0.931. The predicted molar refractivity (Wildman–Crippen MR) is 71.4 cm³/mol. The molecule has 1 heterocycles. The van der Waals surface area contributed by atoms with Gasteiger partial charge in [-0.25, -0.2) is 9.18 Å². The fourth-order valence-electron chi connectivity index (χ4n) is 2.17. The van der Waals surface area contributed by atoms with E-state index in [2.05, 4.69) is 5.16 Å². The van der Waals surface area contributed by atoms with Gasteiger partial charge in [-0.2, -0.15) is 0 Å². The van der Waals surface area contributed by atoms with Crippen LogP contribution in [-0.4, -0.2) is 23.3 Å². The van der Waals surface area contributed by atoms with Crippen LogP contribution in [0.4, 0.5) is 10.1 Å². The second kappa shape index (κ2) is 5.32. The zero-order valence-electron chi connectivity index (χ0n) is 11.5. The van der Waals surface area contributed by atoms with Crippen LogP contribution in [0, 0.1) is 19.7 Å². The summed E-state index contributed by atoms with van der Waals surface area (Å²) in [7, 11) is 1.80. The van der Waals surface area contributed by atoms with E-state index in [1.165, 1.54) is 12.1 Å². The van der Waals surface area contributed by atoms with Crippen molar-refractivity contribution >= 4 is 11.7 Å². The number of aromatic carboxylic acids is 1. The Bertz CT molecular complexity index is 632. The van der Waals surface area contributed by atoms with Crippen LogP contribution in [0.25, 0.3) is 0 Å². The van der Waals surface area contributed by atoms with Crippen LogP contribution in [0.5, 0.6) is 0 Å².